The first-order valence-corrected chi connectivity index (χ1v) is 12.1. The van der Waals surface area contributed by atoms with E-state index in [9.17, 15) is 18.0 Å². The van der Waals surface area contributed by atoms with Crippen LogP contribution in [-0.4, -0.2) is 66.0 Å². The van der Waals surface area contributed by atoms with Crippen molar-refractivity contribution >= 4 is 33.2 Å². The number of sulfonamides is 1. The third-order valence-electron chi connectivity index (χ3n) is 4.89. The molecule has 2 aromatic carbocycles. The lowest BCUT2D eigenvalue weighted by molar-refractivity contribution is -0.116. The second-order valence-electron chi connectivity index (χ2n) is 7.35. The Morgan fingerprint density at radius 3 is 2.52 bits per heavy atom. The number of fused-ring (bicyclic) bond motifs is 1. The molecule has 3 rings (SSSR count). The zero-order valence-electron chi connectivity index (χ0n) is 18.7. The Hall–Kier alpha value is -3.31. The minimum atomic E-state index is -3.84. The lowest BCUT2D eigenvalue weighted by Crippen LogP contribution is -2.45. The SMILES string of the molecule is COCCNC(=O)c1ccccc1NC(=O)[C@H](C)N(c1ccc2c(c1)OCCO2)S(C)(=O)=O. The molecule has 0 saturated carbocycles. The van der Waals surface area contributed by atoms with Crippen LogP contribution in [0.4, 0.5) is 11.4 Å². The number of para-hydroxylation sites is 1. The highest BCUT2D eigenvalue weighted by Crippen LogP contribution is 2.35. The van der Waals surface area contributed by atoms with Crippen molar-refractivity contribution in [1.29, 1.82) is 0 Å². The molecule has 2 aromatic rings. The van der Waals surface area contributed by atoms with Crippen LogP contribution in [0, 0.1) is 0 Å². The topological polar surface area (TPSA) is 123 Å². The van der Waals surface area contributed by atoms with E-state index < -0.39 is 22.0 Å². The van der Waals surface area contributed by atoms with E-state index in [4.69, 9.17) is 14.2 Å². The smallest absolute Gasteiger partial charge is 0.253 e. The van der Waals surface area contributed by atoms with E-state index in [0.717, 1.165) is 10.6 Å². The second kappa shape index (κ2) is 10.5. The molecule has 0 radical (unpaired) electrons. The molecule has 178 valence electrons. The summed E-state index contributed by atoms with van der Waals surface area (Å²) in [6, 6.07) is 10.0. The predicted octanol–water partition coefficient (Wildman–Crippen LogP) is 1.63. The van der Waals surface area contributed by atoms with Crippen LogP contribution in [0.5, 0.6) is 11.5 Å². The van der Waals surface area contributed by atoms with E-state index in [0.29, 0.717) is 37.9 Å². The fraction of sp³-hybridized carbons (Fsp3) is 0.364. The summed E-state index contributed by atoms with van der Waals surface area (Å²) in [7, 11) is -2.31. The number of ether oxygens (including phenoxy) is 3. The zero-order valence-corrected chi connectivity index (χ0v) is 19.5. The van der Waals surface area contributed by atoms with Gasteiger partial charge in [-0.15, -0.1) is 0 Å². The van der Waals surface area contributed by atoms with Gasteiger partial charge in [-0.25, -0.2) is 8.42 Å². The number of methoxy groups -OCH3 is 1. The Labute approximate surface area is 192 Å². The van der Waals surface area contributed by atoms with E-state index in [1.807, 2.05) is 0 Å². The molecule has 10 nitrogen and oxygen atoms in total. The number of hydrogen-bond donors (Lipinski definition) is 2. The second-order valence-corrected chi connectivity index (χ2v) is 9.21. The van der Waals surface area contributed by atoms with Crippen molar-refractivity contribution in [2.24, 2.45) is 0 Å². The maximum atomic E-state index is 13.1. The molecular weight excluding hydrogens is 450 g/mol. The summed E-state index contributed by atoms with van der Waals surface area (Å²) < 4.78 is 42.2. The summed E-state index contributed by atoms with van der Waals surface area (Å²) in [5, 5.41) is 5.37. The van der Waals surface area contributed by atoms with Gasteiger partial charge in [0, 0.05) is 19.7 Å². The number of carbonyl (C=O) groups is 2. The van der Waals surface area contributed by atoms with Gasteiger partial charge in [0.15, 0.2) is 11.5 Å². The summed E-state index contributed by atoms with van der Waals surface area (Å²) >= 11 is 0. The molecule has 0 aliphatic carbocycles. The minimum absolute atomic E-state index is 0.249. The monoisotopic (exact) mass is 477 g/mol. The number of amides is 2. The van der Waals surface area contributed by atoms with Crippen molar-refractivity contribution in [3.05, 3.63) is 48.0 Å². The molecule has 2 N–H and O–H groups in total. The normalized spacial score (nSPS) is 13.7. The summed E-state index contributed by atoms with van der Waals surface area (Å²) in [5.41, 5.74) is 0.772. The third kappa shape index (κ3) is 5.93. The fourth-order valence-electron chi connectivity index (χ4n) is 3.37. The number of hydrogen-bond acceptors (Lipinski definition) is 7. The number of anilines is 2. The number of rotatable bonds is 9. The Balaban J connectivity index is 1.84. The van der Waals surface area contributed by atoms with Gasteiger partial charge >= 0.3 is 0 Å². The van der Waals surface area contributed by atoms with Gasteiger partial charge in [0.05, 0.1) is 29.8 Å². The molecule has 0 fully saturated rings. The van der Waals surface area contributed by atoms with Crippen molar-refractivity contribution < 1.29 is 32.2 Å². The number of benzene rings is 2. The van der Waals surface area contributed by atoms with Gasteiger partial charge in [0.1, 0.15) is 19.3 Å². The van der Waals surface area contributed by atoms with Gasteiger partial charge in [0.2, 0.25) is 15.9 Å². The first-order chi connectivity index (χ1) is 15.7. The van der Waals surface area contributed by atoms with Crippen LogP contribution >= 0.6 is 0 Å². The standard InChI is InChI=1S/C22H27N3O7S/c1-15(21(26)24-18-7-5-4-6-17(18)22(27)23-10-11-30-2)25(33(3,28)29)16-8-9-19-20(14-16)32-13-12-31-19/h4-9,14-15H,10-13H2,1-3H3,(H,23,27)(H,24,26)/t15-/m0/s1. The Bertz CT molecular complexity index is 1120. The van der Waals surface area contributed by atoms with E-state index in [1.54, 1.807) is 36.4 Å². The molecule has 2 amide bonds. The van der Waals surface area contributed by atoms with Crippen molar-refractivity contribution in [1.82, 2.24) is 5.32 Å². The zero-order chi connectivity index (χ0) is 24.0. The number of carbonyl (C=O) groups excluding carboxylic acids is 2. The highest BCUT2D eigenvalue weighted by molar-refractivity contribution is 7.92. The lowest BCUT2D eigenvalue weighted by atomic mass is 10.1. The van der Waals surface area contributed by atoms with Gasteiger partial charge < -0.3 is 24.8 Å². The molecule has 1 heterocycles. The average Bonchev–Trinajstić information content (AvgIpc) is 2.78. The first-order valence-electron chi connectivity index (χ1n) is 10.3. The maximum Gasteiger partial charge on any atom is 0.253 e. The molecule has 1 atom stereocenters. The van der Waals surface area contributed by atoms with Gasteiger partial charge in [-0.05, 0) is 31.2 Å². The number of nitrogens with one attached hydrogen (secondary N) is 2. The fourth-order valence-corrected chi connectivity index (χ4v) is 4.53. The molecule has 1 aliphatic heterocycles. The van der Waals surface area contributed by atoms with Crippen LogP contribution in [0.15, 0.2) is 42.5 Å². The van der Waals surface area contributed by atoms with Gasteiger partial charge in [-0.1, -0.05) is 12.1 Å². The van der Waals surface area contributed by atoms with Crippen LogP contribution in [0.2, 0.25) is 0 Å². The maximum absolute atomic E-state index is 13.1. The quantitative estimate of drug-likeness (QED) is 0.526. The van der Waals surface area contributed by atoms with Crippen molar-refractivity contribution in [3.63, 3.8) is 0 Å². The van der Waals surface area contributed by atoms with Crippen LogP contribution in [0.1, 0.15) is 17.3 Å². The van der Waals surface area contributed by atoms with Gasteiger partial charge in [-0.3, -0.25) is 13.9 Å². The highest BCUT2D eigenvalue weighted by Gasteiger charge is 2.31. The Kier molecular flexibility index (Phi) is 7.77. The van der Waals surface area contributed by atoms with E-state index in [2.05, 4.69) is 10.6 Å². The van der Waals surface area contributed by atoms with E-state index >= 15 is 0 Å². The van der Waals surface area contributed by atoms with E-state index in [-0.39, 0.29) is 22.8 Å². The van der Waals surface area contributed by atoms with Crippen molar-refractivity contribution in [3.8, 4) is 11.5 Å². The third-order valence-corrected chi connectivity index (χ3v) is 6.13. The molecule has 1 aliphatic rings. The molecule has 0 unspecified atom stereocenters. The summed E-state index contributed by atoms with van der Waals surface area (Å²) in [6.45, 7) is 2.86. The van der Waals surface area contributed by atoms with Crippen molar-refractivity contribution in [2.45, 2.75) is 13.0 Å². The Morgan fingerprint density at radius 2 is 1.82 bits per heavy atom. The van der Waals surface area contributed by atoms with E-state index in [1.165, 1.54) is 20.1 Å². The molecule has 0 spiro atoms. The lowest BCUT2D eigenvalue weighted by Gasteiger charge is -2.29. The first kappa shape index (κ1) is 24.3. The van der Waals surface area contributed by atoms with Crippen LogP contribution in [-0.2, 0) is 19.6 Å². The molecular formula is C22H27N3O7S. The van der Waals surface area contributed by atoms with Crippen LogP contribution in [0.3, 0.4) is 0 Å². The summed E-state index contributed by atoms with van der Waals surface area (Å²) in [4.78, 5) is 25.6. The molecule has 0 saturated heterocycles. The van der Waals surface area contributed by atoms with Crippen LogP contribution < -0.4 is 24.4 Å². The average molecular weight is 478 g/mol. The molecule has 0 aromatic heterocycles. The van der Waals surface area contributed by atoms with Crippen molar-refractivity contribution in [2.75, 3.05) is 49.4 Å². The van der Waals surface area contributed by atoms with Gasteiger partial charge in [0.25, 0.3) is 5.91 Å². The summed E-state index contributed by atoms with van der Waals surface area (Å²) in [5.74, 6) is -0.0862. The minimum Gasteiger partial charge on any atom is -0.486 e. The highest BCUT2D eigenvalue weighted by atomic mass is 32.2. The molecule has 33 heavy (non-hydrogen) atoms. The van der Waals surface area contributed by atoms with Gasteiger partial charge in [-0.2, -0.15) is 0 Å². The van der Waals surface area contributed by atoms with Crippen LogP contribution in [0.25, 0.3) is 0 Å². The Morgan fingerprint density at radius 1 is 1.12 bits per heavy atom. The summed E-state index contributed by atoms with van der Waals surface area (Å²) in [6.07, 6.45) is 1.02. The predicted molar refractivity (Wildman–Crippen MR) is 123 cm³/mol. The number of nitrogens with zero attached hydrogens (tertiary/aromatic N) is 1. The largest absolute Gasteiger partial charge is 0.486 e. The molecule has 11 heteroatoms. The molecule has 0 bridgehead atoms.